The van der Waals surface area contributed by atoms with Crippen molar-refractivity contribution in [2.75, 3.05) is 30.2 Å². The van der Waals surface area contributed by atoms with Gasteiger partial charge >= 0.3 is 0 Å². The van der Waals surface area contributed by atoms with Crippen molar-refractivity contribution < 1.29 is 13.2 Å². The Labute approximate surface area is 120 Å². The molecule has 112 valence electrons. The molecule has 1 atom stereocenters. The molecule has 1 unspecified atom stereocenters. The second-order valence-corrected chi connectivity index (χ2v) is 6.82. The zero-order valence-electron chi connectivity index (χ0n) is 11.8. The van der Waals surface area contributed by atoms with E-state index in [0.717, 1.165) is 25.9 Å². The molecule has 0 aliphatic carbocycles. The zero-order valence-corrected chi connectivity index (χ0v) is 12.6. The summed E-state index contributed by atoms with van der Waals surface area (Å²) < 4.78 is 32.3. The maximum atomic E-state index is 12.2. The maximum absolute atomic E-state index is 12.2. The molecule has 2 rings (SSSR count). The van der Waals surface area contributed by atoms with Crippen molar-refractivity contribution in [3.05, 3.63) is 24.3 Å². The summed E-state index contributed by atoms with van der Waals surface area (Å²) >= 11 is 0. The van der Waals surface area contributed by atoms with Gasteiger partial charge in [0.05, 0.1) is 18.0 Å². The van der Waals surface area contributed by atoms with E-state index in [0.29, 0.717) is 18.0 Å². The summed E-state index contributed by atoms with van der Waals surface area (Å²) in [6, 6.07) is 7.04. The van der Waals surface area contributed by atoms with Crippen molar-refractivity contribution in [3.63, 3.8) is 0 Å². The van der Waals surface area contributed by atoms with Crippen LogP contribution in [0.25, 0.3) is 0 Å². The van der Waals surface area contributed by atoms with Crippen LogP contribution in [0.2, 0.25) is 0 Å². The average Bonchev–Trinajstić information content (AvgIpc) is 2.39. The second-order valence-electron chi connectivity index (χ2n) is 5.06. The van der Waals surface area contributed by atoms with E-state index in [9.17, 15) is 8.42 Å². The molecule has 1 saturated heterocycles. The number of hydrogen-bond donors (Lipinski definition) is 2. The number of rotatable bonds is 6. The third kappa shape index (κ3) is 4.68. The Morgan fingerprint density at radius 2 is 2.30 bits per heavy atom. The van der Waals surface area contributed by atoms with Gasteiger partial charge in [0.1, 0.15) is 5.75 Å². The van der Waals surface area contributed by atoms with Crippen molar-refractivity contribution in [1.29, 1.82) is 0 Å². The summed E-state index contributed by atoms with van der Waals surface area (Å²) in [7, 11) is -3.31. The fourth-order valence-corrected chi connectivity index (χ4v) is 3.89. The zero-order chi connectivity index (χ0) is 14.4. The first kappa shape index (κ1) is 15.1. The SMILES string of the molecule is CCOc1cccc(NS(=O)(=O)CC2CCCNC2)c1. The molecule has 0 amide bonds. The van der Waals surface area contributed by atoms with E-state index < -0.39 is 10.0 Å². The van der Waals surface area contributed by atoms with Gasteiger partial charge in [0.2, 0.25) is 10.0 Å². The maximum Gasteiger partial charge on any atom is 0.233 e. The van der Waals surface area contributed by atoms with Crippen molar-refractivity contribution >= 4 is 15.7 Å². The summed E-state index contributed by atoms with van der Waals surface area (Å²) in [6.07, 6.45) is 2.01. The minimum absolute atomic E-state index is 0.166. The van der Waals surface area contributed by atoms with Crippen molar-refractivity contribution in [3.8, 4) is 5.75 Å². The summed E-state index contributed by atoms with van der Waals surface area (Å²) in [5, 5.41) is 3.23. The third-order valence-corrected chi connectivity index (χ3v) is 4.73. The van der Waals surface area contributed by atoms with Gasteiger partial charge < -0.3 is 10.1 Å². The number of hydrogen-bond acceptors (Lipinski definition) is 4. The molecule has 20 heavy (non-hydrogen) atoms. The number of ether oxygens (including phenoxy) is 1. The summed E-state index contributed by atoms with van der Waals surface area (Å²) in [6.45, 7) is 4.22. The highest BCUT2D eigenvalue weighted by Gasteiger charge is 2.21. The standard InChI is InChI=1S/C14H22N2O3S/c1-2-19-14-7-3-6-13(9-14)16-20(17,18)11-12-5-4-8-15-10-12/h3,6-7,9,12,15-16H,2,4-5,8,10-11H2,1H3. The lowest BCUT2D eigenvalue weighted by atomic mass is 10.0. The predicted octanol–water partition coefficient (Wildman–Crippen LogP) is 1.83. The first-order valence-corrected chi connectivity index (χ1v) is 8.68. The second kappa shape index (κ2) is 6.95. The van der Waals surface area contributed by atoms with E-state index in [4.69, 9.17) is 4.74 Å². The van der Waals surface area contributed by atoms with Crippen LogP contribution < -0.4 is 14.8 Å². The lowest BCUT2D eigenvalue weighted by molar-refractivity contribution is 0.340. The average molecular weight is 298 g/mol. The molecular formula is C14H22N2O3S. The van der Waals surface area contributed by atoms with E-state index in [1.165, 1.54) is 0 Å². The number of piperidine rings is 1. The van der Waals surface area contributed by atoms with Gasteiger partial charge in [0.15, 0.2) is 0 Å². The first-order valence-electron chi connectivity index (χ1n) is 7.03. The van der Waals surface area contributed by atoms with E-state index in [1.807, 2.05) is 13.0 Å². The molecule has 0 bridgehead atoms. The summed E-state index contributed by atoms with van der Waals surface area (Å²) in [4.78, 5) is 0. The number of benzene rings is 1. The van der Waals surface area contributed by atoms with Crippen LogP contribution >= 0.6 is 0 Å². The normalized spacial score (nSPS) is 19.6. The highest BCUT2D eigenvalue weighted by Crippen LogP contribution is 2.20. The van der Waals surface area contributed by atoms with Crippen molar-refractivity contribution in [2.45, 2.75) is 19.8 Å². The van der Waals surface area contributed by atoms with Crippen molar-refractivity contribution in [2.24, 2.45) is 5.92 Å². The molecule has 1 heterocycles. The molecule has 1 fully saturated rings. The fourth-order valence-electron chi connectivity index (χ4n) is 2.41. The number of anilines is 1. The van der Waals surface area contributed by atoms with E-state index in [1.54, 1.807) is 18.2 Å². The van der Waals surface area contributed by atoms with Crippen LogP contribution in [-0.4, -0.2) is 33.9 Å². The molecule has 6 heteroatoms. The van der Waals surface area contributed by atoms with Gasteiger partial charge in [0, 0.05) is 6.07 Å². The molecule has 1 aliphatic heterocycles. The minimum atomic E-state index is -3.31. The molecule has 1 aliphatic rings. The highest BCUT2D eigenvalue weighted by molar-refractivity contribution is 7.92. The smallest absolute Gasteiger partial charge is 0.233 e. The first-order chi connectivity index (χ1) is 9.59. The van der Waals surface area contributed by atoms with Crippen LogP contribution in [0.3, 0.4) is 0 Å². The summed E-state index contributed by atoms with van der Waals surface area (Å²) in [5.74, 6) is 1.03. The van der Waals surface area contributed by atoms with Crippen LogP contribution in [-0.2, 0) is 10.0 Å². The fraction of sp³-hybridized carbons (Fsp3) is 0.571. The topological polar surface area (TPSA) is 67.4 Å². The van der Waals surface area contributed by atoms with Gasteiger partial charge in [-0.25, -0.2) is 8.42 Å². The van der Waals surface area contributed by atoms with Gasteiger partial charge in [-0.2, -0.15) is 0 Å². The van der Waals surface area contributed by atoms with Gasteiger partial charge in [-0.3, -0.25) is 4.72 Å². The predicted molar refractivity (Wildman–Crippen MR) is 80.6 cm³/mol. The van der Waals surface area contributed by atoms with Crippen LogP contribution in [0.5, 0.6) is 5.75 Å². The molecule has 0 saturated carbocycles. The molecule has 0 spiro atoms. The van der Waals surface area contributed by atoms with E-state index in [2.05, 4.69) is 10.0 Å². The van der Waals surface area contributed by atoms with Gasteiger partial charge in [-0.1, -0.05) is 6.07 Å². The molecule has 1 aromatic carbocycles. The van der Waals surface area contributed by atoms with Gasteiger partial charge in [-0.05, 0) is 50.9 Å². The van der Waals surface area contributed by atoms with E-state index >= 15 is 0 Å². The van der Waals surface area contributed by atoms with Gasteiger partial charge in [-0.15, -0.1) is 0 Å². The molecule has 0 radical (unpaired) electrons. The van der Waals surface area contributed by atoms with Crippen LogP contribution in [0.4, 0.5) is 5.69 Å². The Morgan fingerprint density at radius 1 is 1.45 bits per heavy atom. The van der Waals surface area contributed by atoms with Crippen LogP contribution in [0.15, 0.2) is 24.3 Å². The number of sulfonamides is 1. The van der Waals surface area contributed by atoms with Crippen LogP contribution in [0.1, 0.15) is 19.8 Å². The lowest BCUT2D eigenvalue weighted by Crippen LogP contribution is -2.35. The number of nitrogens with one attached hydrogen (secondary N) is 2. The third-order valence-electron chi connectivity index (χ3n) is 3.27. The molecule has 1 aromatic rings. The Balaban J connectivity index is 1.98. The highest BCUT2D eigenvalue weighted by atomic mass is 32.2. The molecular weight excluding hydrogens is 276 g/mol. The molecule has 5 nitrogen and oxygen atoms in total. The Morgan fingerprint density at radius 3 is 3.00 bits per heavy atom. The monoisotopic (exact) mass is 298 g/mol. The Hall–Kier alpha value is -1.27. The Kier molecular flexibility index (Phi) is 5.25. The lowest BCUT2D eigenvalue weighted by Gasteiger charge is -2.22. The Bertz CT molecular complexity index is 525. The molecule has 0 aromatic heterocycles. The molecule has 2 N–H and O–H groups in total. The largest absolute Gasteiger partial charge is 0.494 e. The van der Waals surface area contributed by atoms with Crippen molar-refractivity contribution in [1.82, 2.24) is 5.32 Å². The van der Waals surface area contributed by atoms with E-state index in [-0.39, 0.29) is 11.7 Å². The minimum Gasteiger partial charge on any atom is -0.494 e. The van der Waals surface area contributed by atoms with Gasteiger partial charge in [0.25, 0.3) is 0 Å². The summed E-state index contributed by atoms with van der Waals surface area (Å²) in [5.41, 5.74) is 0.555. The quantitative estimate of drug-likeness (QED) is 0.841. The van der Waals surface area contributed by atoms with Crippen LogP contribution in [0, 0.1) is 5.92 Å².